The number of nitrogens with two attached hydrogens (primary N) is 1. The number of aromatic nitrogens is 3. The number of hydrogen-bond donors (Lipinski definition) is 3. The highest BCUT2D eigenvalue weighted by molar-refractivity contribution is 7.80. The number of benzene rings is 2. The molecule has 0 fully saturated rings. The van der Waals surface area contributed by atoms with Gasteiger partial charge in [0.25, 0.3) is 0 Å². The molecule has 0 aliphatic heterocycles. The monoisotopic (exact) mass is 387 g/mol. The van der Waals surface area contributed by atoms with Crippen molar-refractivity contribution in [3.05, 3.63) is 60.2 Å². The lowest BCUT2D eigenvalue weighted by molar-refractivity contribution is 0.700. The molecule has 138 valence electrons. The summed E-state index contributed by atoms with van der Waals surface area (Å²) >= 11 is 5.33. The van der Waals surface area contributed by atoms with Crippen molar-refractivity contribution in [1.29, 1.82) is 5.26 Å². The number of nitrogen functional groups attached to an aromatic ring is 1. The third-order valence-electron chi connectivity index (χ3n) is 4.36. The van der Waals surface area contributed by atoms with Gasteiger partial charge in [-0.3, -0.25) is 0 Å². The SMILES string of the molecule is N#Cc1c(N)n(CCNC(=S)Nc2ccccc2)c2nc3ccccc3nc12. The highest BCUT2D eigenvalue weighted by atomic mass is 32.1. The lowest BCUT2D eigenvalue weighted by atomic mass is 10.2. The van der Waals surface area contributed by atoms with E-state index in [1.165, 1.54) is 0 Å². The first-order valence-electron chi connectivity index (χ1n) is 8.72. The van der Waals surface area contributed by atoms with Crippen LogP contribution in [0.1, 0.15) is 5.56 Å². The molecule has 28 heavy (non-hydrogen) atoms. The summed E-state index contributed by atoms with van der Waals surface area (Å²) in [6.07, 6.45) is 0. The van der Waals surface area contributed by atoms with Crippen LogP contribution in [-0.4, -0.2) is 26.2 Å². The maximum atomic E-state index is 9.52. The number of thiocarbonyl (C=S) groups is 1. The molecule has 0 saturated heterocycles. The van der Waals surface area contributed by atoms with Gasteiger partial charge in [0.2, 0.25) is 0 Å². The van der Waals surface area contributed by atoms with Crippen molar-refractivity contribution < 1.29 is 0 Å². The van der Waals surface area contributed by atoms with Crippen LogP contribution in [0, 0.1) is 11.3 Å². The molecule has 4 aromatic rings. The smallest absolute Gasteiger partial charge is 0.170 e. The fourth-order valence-corrected chi connectivity index (χ4v) is 3.25. The first kappa shape index (κ1) is 17.7. The van der Waals surface area contributed by atoms with E-state index in [4.69, 9.17) is 18.0 Å². The summed E-state index contributed by atoms with van der Waals surface area (Å²) in [5, 5.41) is 16.3. The Hall–Kier alpha value is -3.70. The largest absolute Gasteiger partial charge is 0.384 e. The van der Waals surface area contributed by atoms with Crippen molar-refractivity contribution >= 4 is 51.0 Å². The summed E-state index contributed by atoms with van der Waals surface area (Å²) < 4.78 is 1.80. The first-order chi connectivity index (χ1) is 13.7. The molecule has 0 aliphatic rings. The van der Waals surface area contributed by atoms with E-state index in [0.717, 1.165) is 16.7 Å². The molecular formula is C20H17N7S. The van der Waals surface area contributed by atoms with Crippen LogP contribution in [0.25, 0.3) is 22.2 Å². The Kier molecular flexibility index (Phi) is 4.74. The van der Waals surface area contributed by atoms with E-state index in [-0.39, 0.29) is 0 Å². The van der Waals surface area contributed by atoms with Crippen molar-refractivity contribution in [3.63, 3.8) is 0 Å². The molecule has 2 aromatic heterocycles. The number of para-hydroxylation sites is 3. The van der Waals surface area contributed by atoms with Crippen molar-refractivity contribution in [2.24, 2.45) is 0 Å². The first-order valence-corrected chi connectivity index (χ1v) is 9.12. The zero-order valence-corrected chi connectivity index (χ0v) is 15.7. The van der Waals surface area contributed by atoms with Crippen LogP contribution >= 0.6 is 12.2 Å². The fraction of sp³-hybridized carbons (Fsp3) is 0.100. The van der Waals surface area contributed by atoms with E-state index in [1.807, 2.05) is 54.6 Å². The molecule has 0 atom stereocenters. The predicted molar refractivity (Wildman–Crippen MR) is 115 cm³/mol. The van der Waals surface area contributed by atoms with E-state index in [0.29, 0.717) is 40.7 Å². The summed E-state index contributed by atoms with van der Waals surface area (Å²) in [5.74, 6) is 0.358. The molecule has 8 heteroatoms. The van der Waals surface area contributed by atoms with Gasteiger partial charge in [0, 0.05) is 18.8 Å². The number of nitriles is 1. The fourth-order valence-electron chi connectivity index (χ4n) is 3.03. The number of fused-ring (bicyclic) bond motifs is 2. The summed E-state index contributed by atoms with van der Waals surface area (Å²) in [6.45, 7) is 1.01. The van der Waals surface area contributed by atoms with Gasteiger partial charge < -0.3 is 20.9 Å². The van der Waals surface area contributed by atoms with Crippen LogP contribution in [0.2, 0.25) is 0 Å². The third-order valence-corrected chi connectivity index (χ3v) is 4.60. The van der Waals surface area contributed by atoms with E-state index in [1.54, 1.807) is 4.57 Å². The van der Waals surface area contributed by atoms with Crippen molar-refractivity contribution in [2.45, 2.75) is 6.54 Å². The van der Waals surface area contributed by atoms with Crippen LogP contribution in [-0.2, 0) is 6.54 Å². The minimum atomic E-state index is 0.346. The lowest BCUT2D eigenvalue weighted by Crippen LogP contribution is -2.31. The van der Waals surface area contributed by atoms with Gasteiger partial charge in [-0.15, -0.1) is 0 Å². The Morgan fingerprint density at radius 2 is 1.75 bits per heavy atom. The standard InChI is InChI=1S/C20H17N7S/c21-12-14-17-19(26-16-9-5-4-8-15(16)25-17)27(18(14)22)11-10-23-20(28)24-13-6-2-1-3-7-13/h1-9H,10-11,22H2,(H2,23,24,28). The van der Waals surface area contributed by atoms with Gasteiger partial charge in [-0.1, -0.05) is 30.3 Å². The van der Waals surface area contributed by atoms with E-state index < -0.39 is 0 Å². The van der Waals surface area contributed by atoms with Crippen molar-refractivity contribution in [1.82, 2.24) is 19.9 Å². The average molecular weight is 387 g/mol. The van der Waals surface area contributed by atoms with Gasteiger partial charge in [0.15, 0.2) is 10.8 Å². The van der Waals surface area contributed by atoms with E-state index in [2.05, 4.69) is 26.7 Å². The molecule has 0 saturated carbocycles. The molecule has 2 aromatic carbocycles. The lowest BCUT2D eigenvalue weighted by Gasteiger charge is -2.12. The Labute approximate surface area is 166 Å². The van der Waals surface area contributed by atoms with Gasteiger partial charge in [-0.2, -0.15) is 5.26 Å². The van der Waals surface area contributed by atoms with Crippen LogP contribution in [0.15, 0.2) is 54.6 Å². The number of nitrogens with zero attached hydrogens (tertiary/aromatic N) is 4. The summed E-state index contributed by atoms with van der Waals surface area (Å²) in [7, 11) is 0. The van der Waals surface area contributed by atoms with Crippen LogP contribution < -0.4 is 16.4 Å². The van der Waals surface area contributed by atoms with Gasteiger partial charge >= 0.3 is 0 Å². The molecule has 4 N–H and O–H groups in total. The van der Waals surface area contributed by atoms with Crippen LogP contribution in [0.3, 0.4) is 0 Å². The topological polar surface area (TPSA) is 105 Å². The second-order valence-corrected chi connectivity index (χ2v) is 6.56. The summed E-state index contributed by atoms with van der Waals surface area (Å²) in [4.78, 5) is 9.25. The summed E-state index contributed by atoms with van der Waals surface area (Å²) in [6, 6.07) is 19.4. The highest BCUT2D eigenvalue weighted by Crippen LogP contribution is 2.26. The molecule has 2 heterocycles. The van der Waals surface area contributed by atoms with Gasteiger partial charge in [-0.25, -0.2) is 9.97 Å². The highest BCUT2D eigenvalue weighted by Gasteiger charge is 2.18. The Morgan fingerprint density at radius 1 is 1.07 bits per heavy atom. The zero-order valence-electron chi connectivity index (χ0n) is 14.9. The van der Waals surface area contributed by atoms with Gasteiger partial charge in [-0.05, 0) is 36.5 Å². The van der Waals surface area contributed by atoms with Crippen LogP contribution in [0.4, 0.5) is 11.5 Å². The maximum Gasteiger partial charge on any atom is 0.170 e. The second-order valence-electron chi connectivity index (χ2n) is 6.16. The number of anilines is 2. The van der Waals surface area contributed by atoms with Crippen molar-refractivity contribution in [3.8, 4) is 6.07 Å². The third kappa shape index (κ3) is 3.31. The molecule has 0 amide bonds. The Morgan fingerprint density at radius 3 is 2.46 bits per heavy atom. The molecule has 0 unspecified atom stereocenters. The molecule has 7 nitrogen and oxygen atoms in total. The number of rotatable bonds is 4. The molecule has 0 bridgehead atoms. The summed E-state index contributed by atoms with van der Waals surface area (Å²) in [5.41, 5.74) is 10.1. The molecule has 0 aliphatic carbocycles. The predicted octanol–water partition coefficient (Wildman–Crippen LogP) is 3.02. The van der Waals surface area contributed by atoms with E-state index in [9.17, 15) is 5.26 Å². The normalized spacial score (nSPS) is 10.7. The minimum Gasteiger partial charge on any atom is -0.384 e. The second kappa shape index (κ2) is 7.50. The molecular weight excluding hydrogens is 370 g/mol. The Bertz CT molecular complexity index is 1210. The van der Waals surface area contributed by atoms with Gasteiger partial charge in [0.1, 0.15) is 23.0 Å². The van der Waals surface area contributed by atoms with Crippen LogP contribution in [0.5, 0.6) is 0 Å². The zero-order chi connectivity index (χ0) is 19.5. The Balaban J connectivity index is 1.56. The van der Waals surface area contributed by atoms with Gasteiger partial charge in [0.05, 0.1) is 11.0 Å². The van der Waals surface area contributed by atoms with Crippen molar-refractivity contribution in [2.75, 3.05) is 17.6 Å². The maximum absolute atomic E-state index is 9.52. The quantitative estimate of drug-likeness (QED) is 0.462. The van der Waals surface area contributed by atoms with E-state index >= 15 is 0 Å². The number of hydrogen-bond acceptors (Lipinski definition) is 5. The molecule has 0 radical (unpaired) electrons. The minimum absolute atomic E-state index is 0.346. The molecule has 4 rings (SSSR count). The average Bonchev–Trinajstić information content (AvgIpc) is 2.97. The molecule has 0 spiro atoms. The number of nitrogens with one attached hydrogen (secondary N) is 2.